The molecule has 0 saturated carbocycles. The Morgan fingerprint density at radius 3 is 2.11 bits per heavy atom. The molecule has 3 rings (SSSR count). The van der Waals surface area contributed by atoms with Gasteiger partial charge in [0.15, 0.2) is 15.5 Å². The molecule has 11 heteroatoms. The molecule has 1 aromatic heterocycles. The van der Waals surface area contributed by atoms with Crippen LogP contribution >= 0.6 is 31.9 Å². The van der Waals surface area contributed by atoms with E-state index < -0.39 is 32.4 Å². The van der Waals surface area contributed by atoms with Crippen LogP contribution in [0.1, 0.15) is 5.69 Å². The van der Waals surface area contributed by atoms with Crippen LogP contribution in [0.5, 0.6) is 0 Å². The van der Waals surface area contributed by atoms with Crippen LogP contribution in [0.25, 0.3) is 16.9 Å². The summed E-state index contributed by atoms with van der Waals surface area (Å²) in [4.78, 5) is -0.538. The molecule has 28 heavy (non-hydrogen) atoms. The monoisotopic (exact) mass is 540 g/mol. The van der Waals surface area contributed by atoms with Crippen molar-refractivity contribution in [1.29, 1.82) is 0 Å². The van der Waals surface area contributed by atoms with E-state index in [4.69, 9.17) is 0 Å². The topological polar surface area (TPSA) is 52.0 Å². The number of hydrogen-bond donors (Lipinski definition) is 0. The summed E-state index contributed by atoms with van der Waals surface area (Å²) in [6, 6.07) is 8.69. The lowest BCUT2D eigenvalue weighted by molar-refractivity contribution is -0.141. The quantitative estimate of drug-likeness (QED) is 0.404. The minimum atomic E-state index is -4.71. The molecule has 0 spiro atoms. The predicted octanol–water partition coefficient (Wildman–Crippen LogP) is 5.63. The molecular weight excluding hydrogens is 532 g/mol. The number of alkyl halides is 3. The molecular formula is C17H10Br2F4N2O2S. The van der Waals surface area contributed by atoms with Crippen molar-refractivity contribution in [3.8, 4) is 16.9 Å². The van der Waals surface area contributed by atoms with Gasteiger partial charge in [0.25, 0.3) is 0 Å². The molecule has 0 saturated heterocycles. The second-order valence-corrected chi connectivity index (χ2v) is 9.68. The molecule has 2 aromatic carbocycles. The van der Waals surface area contributed by atoms with Crippen molar-refractivity contribution in [1.82, 2.24) is 9.78 Å². The molecule has 0 N–H and O–H groups in total. The average molecular weight is 542 g/mol. The molecule has 0 amide bonds. The van der Waals surface area contributed by atoms with Crippen LogP contribution in [0.3, 0.4) is 0 Å². The van der Waals surface area contributed by atoms with E-state index in [0.717, 1.165) is 29.1 Å². The number of rotatable bonds is 3. The smallest absolute Gasteiger partial charge is 0.232 e. The van der Waals surface area contributed by atoms with E-state index in [0.29, 0.717) is 14.6 Å². The van der Waals surface area contributed by atoms with Crippen molar-refractivity contribution in [3.05, 3.63) is 62.9 Å². The number of sulfone groups is 1. The van der Waals surface area contributed by atoms with Crippen molar-refractivity contribution in [2.45, 2.75) is 11.1 Å². The lowest BCUT2D eigenvalue weighted by atomic mass is 10.1. The summed E-state index contributed by atoms with van der Waals surface area (Å²) in [6.45, 7) is 0. The van der Waals surface area contributed by atoms with Gasteiger partial charge in [-0.1, -0.05) is 37.9 Å². The largest absolute Gasteiger partial charge is 0.435 e. The molecule has 0 aliphatic rings. The minimum absolute atomic E-state index is 0.0451. The van der Waals surface area contributed by atoms with E-state index >= 15 is 0 Å². The standard InChI is InChI=1S/C17H10Br2F4N2O2S/c1-28(26,27)15-3-2-9(4-13(15)20)14-8-16(17(21,22)23)24-25(14)12-6-10(18)5-11(19)7-12/h2-8H,1H3. The number of nitrogens with zero attached hydrogens (tertiary/aromatic N) is 2. The first kappa shape index (κ1) is 21.0. The third kappa shape index (κ3) is 4.31. The van der Waals surface area contributed by atoms with E-state index in [1.165, 1.54) is 6.07 Å². The second kappa shape index (κ2) is 7.27. The molecule has 0 unspecified atom stereocenters. The van der Waals surface area contributed by atoms with E-state index in [1.54, 1.807) is 18.2 Å². The Hall–Kier alpha value is -1.72. The van der Waals surface area contributed by atoms with Gasteiger partial charge in [0.1, 0.15) is 10.7 Å². The molecule has 0 bridgehead atoms. The minimum Gasteiger partial charge on any atom is -0.232 e. The van der Waals surface area contributed by atoms with Gasteiger partial charge >= 0.3 is 6.18 Å². The van der Waals surface area contributed by atoms with Gasteiger partial charge in [0.05, 0.1) is 11.4 Å². The Labute approximate surface area is 174 Å². The zero-order chi connectivity index (χ0) is 20.9. The first-order valence-corrected chi connectivity index (χ1v) is 11.0. The van der Waals surface area contributed by atoms with Crippen molar-refractivity contribution in [2.75, 3.05) is 6.26 Å². The maximum atomic E-state index is 14.3. The molecule has 1 heterocycles. The summed E-state index contributed by atoms with van der Waals surface area (Å²) in [6.07, 6.45) is -3.87. The lowest BCUT2D eigenvalue weighted by Gasteiger charge is -2.10. The molecule has 0 aliphatic carbocycles. The highest BCUT2D eigenvalue weighted by Crippen LogP contribution is 2.35. The van der Waals surface area contributed by atoms with Gasteiger partial charge in [-0.2, -0.15) is 18.3 Å². The predicted molar refractivity (Wildman–Crippen MR) is 102 cm³/mol. The lowest BCUT2D eigenvalue weighted by Crippen LogP contribution is -2.07. The third-order valence-corrected chi connectivity index (χ3v) is 5.76. The van der Waals surface area contributed by atoms with Gasteiger partial charge < -0.3 is 0 Å². The number of hydrogen-bond acceptors (Lipinski definition) is 3. The number of halogens is 6. The van der Waals surface area contributed by atoms with Gasteiger partial charge in [-0.3, -0.25) is 0 Å². The number of aromatic nitrogens is 2. The highest BCUT2D eigenvalue weighted by molar-refractivity contribution is 9.11. The van der Waals surface area contributed by atoms with Crippen LogP contribution in [0, 0.1) is 5.82 Å². The Morgan fingerprint density at radius 1 is 1.00 bits per heavy atom. The van der Waals surface area contributed by atoms with E-state index in [9.17, 15) is 26.0 Å². The van der Waals surface area contributed by atoms with E-state index in [-0.39, 0.29) is 11.3 Å². The summed E-state index contributed by atoms with van der Waals surface area (Å²) < 4.78 is 79.3. The second-order valence-electron chi connectivity index (χ2n) is 5.87. The zero-order valence-corrected chi connectivity index (χ0v) is 17.9. The van der Waals surface area contributed by atoms with Crippen molar-refractivity contribution in [2.24, 2.45) is 0 Å². The van der Waals surface area contributed by atoms with Crippen molar-refractivity contribution < 1.29 is 26.0 Å². The van der Waals surface area contributed by atoms with Crippen LogP contribution < -0.4 is 0 Å². The summed E-state index contributed by atoms with van der Waals surface area (Å²) in [5, 5.41) is 3.62. The fourth-order valence-corrected chi connectivity index (χ4v) is 4.54. The summed E-state index contributed by atoms with van der Waals surface area (Å²) in [7, 11) is -3.81. The Kier molecular flexibility index (Phi) is 5.45. The number of benzene rings is 2. The van der Waals surface area contributed by atoms with Crippen molar-refractivity contribution in [3.63, 3.8) is 0 Å². The highest BCUT2D eigenvalue weighted by atomic mass is 79.9. The van der Waals surface area contributed by atoms with Crippen LogP contribution in [0.2, 0.25) is 0 Å². The van der Waals surface area contributed by atoms with Gasteiger partial charge in [-0.05, 0) is 36.4 Å². The first-order chi connectivity index (χ1) is 12.9. The van der Waals surface area contributed by atoms with E-state index in [2.05, 4.69) is 37.0 Å². The zero-order valence-electron chi connectivity index (χ0n) is 13.9. The maximum absolute atomic E-state index is 14.3. The van der Waals surface area contributed by atoms with Crippen LogP contribution in [-0.2, 0) is 16.0 Å². The normalized spacial score (nSPS) is 12.4. The Morgan fingerprint density at radius 2 is 1.61 bits per heavy atom. The fourth-order valence-electron chi connectivity index (χ4n) is 2.54. The van der Waals surface area contributed by atoms with Crippen LogP contribution in [0.4, 0.5) is 17.6 Å². The Balaban J connectivity index is 2.26. The van der Waals surface area contributed by atoms with Crippen LogP contribution in [0.15, 0.2) is 56.3 Å². The van der Waals surface area contributed by atoms with Gasteiger partial charge in [-0.15, -0.1) is 0 Å². The molecule has 0 fully saturated rings. The van der Waals surface area contributed by atoms with Gasteiger partial charge in [0.2, 0.25) is 0 Å². The first-order valence-electron chi connectivity index (χ1n) is 7.50. The summed E-state index contributed by atoms with van der Waals surface area (Å²) >= 11 is 6.52. The SMILES string of the molecule is CS(=O)(=O)c1ccc(-c2cc(C(F)(F)F)nn2-c2cc(Br)cc(Br)c2)cc1F. The molecule has 4 nitrogen and oxygen atoms in total. The van der Waals surface area contributed by atoms with Gasteiger partial charge in [-0.25, -0.2) is 17.5 Å². The molecule has 0 radical (unpaired) electrons. The van der Waals surface area contributed by atoms with Crippen LogP contribution in [-0.4, -0.2) is 24.5 Å². The molecule has 148 valence electrons. The maximum Gasteiger partial charge on any atom is 0.435 e. The summed E-state index contributed by atoms with van der Waals surface area (Å²) in [5.41, 5.74) is -0.870. The molecule has 0 atom stereocenters. The third-order valence-electron chi connectivity index (χ3n) is 3.72. The Bertz CT molecular complexity index is 1150. The fraction of sp³-hybridized carbons (Fsp3) is 0.118. The van der Waals surface area contributed by atoms with Crippen molar-refractivity contribution >= 4 is 41.7 Å². The molecule has 0 aliphatic heterocycles. The average Bonchev–Trinajstić information content (AvgIpc) is 2.98. The summed E-state index contributed by atoms with van der Waals surface area (Å²) in [5.74, 6) is -1.06. The van der Waals surface area contributed by atoms with E-state index in [1.807, 2.05) is 0 Å². The highest BCUT2D eigenvalue weighted by Gasteiger charge is 2.35. The molecule has 3 aromatic rings. The van der Waals surface area contributed by atoms with Gasteiger partial charge in [0, 0.05) is 20.8 Å².